The second-order valence-corrected chi connectivity index (χ2v) is 6.58. The average Bonchev–Trinajstić information content (AvgIpc) is 3.11. The molecule has 1 N–H and O–H groups in total. The molecule has 0 spiro atoms. The Morgan fingerprint density at radius 3 is 2.53 bits per heavy atom. The van der Waals surface area contributed by atoms with Crippen LogP contribution in [-0.4, -0.2) is 58.5 Å². The molecule has 30 heavy (non-hydrogen) atoms. The van der Waals surface area contributed by atoms with Gasteiger partial charge in [-0.1, -0.05) is 5.10 Å². The molecule has 1 amide bonds. The summed E-state index contributed by atoms with van der Waals surface area (Å²) in [7, 11) is 0. The smallest absolute Gasteiger partial charge is 0.403 e. The molecule has 1 fully saturated rings. The number of nitrogens with one attached hydrogen (secondary N) is 1. The molecule has 0 unspecified atom stereocenters. The molecule has 1 aromatic heterocycles. The summed E-state index contributed by atoms with van der Waals surface area (Å²) < 4.78 is 85.0. The Morgan fingerprint density at radius 1 is 1.30 bits per heavy atom. The van der Waals surface area contributed by atoms with E-state index in [0.29, 0.717) is 5.56 Å². The number of halogens is 6. The predicted molar refractivity (Wildman–Crippen MR) is 89.8 cm³/mol. The molecule has 1 aromatic carbocycles. The monoisotopic (exact) mass is 438 g/mol. The van der Waals surface area contributed by atoms with E-state index < -0.39 is 55.7 Å². The Hall–Kier alpha value is -2.83. The van der Waals surface area contributed by atoms with Crippen LogP contribution in [-0.2, 0) is 9.53 Å². The number of carbonyl (C=O) groups excluding carboxylic acids is 1. The van der Waals surface area contributed by atoms with Gasteiger partial charge < -0.3 is 14.6 Å². The zero-order valence-electron chi connectivity index (χ0n) is 15.4. The Labute approximate surface area is 166 Å². The first-order valence-corrected chi connectivity index (χ1v) is 8.72. The molecular weight excluding hydrogens is 422 g/mol. The van der Waals surface area contributed by atoms with Gasteiger partial charge in [-0.3, -0.25) is 9.53 Å². The van der Waals surface area contributed by atoms with Crippen LogP contribution in [0.4, 0.5) is 32.4 Å². The standard InChI is InChI=1S/C17H16F6N4O3/c1-8-12(30-17(21,22)23)7-27(8)15(28)11(6-13(19)20)24-16-26-25-14(29-16)9-2-4-10(18)5-3-9/h2-5,8,11-13H,6-7H2,1H3,(H,24,26)/t8-,11+,12+/m0/s1. The normalized spacial score (nSPS) is 20.2. The van der Waals surface area contributed by atoms with Gasteiger partial charge in [0.05, 0.1) is 6.04 Å². The molecule has 1 aliphatic rings. The largest absolute Gasteiger partial charge is 0.522 e. The second-order valence-electron chi connectivity index (χ2n) is 6.58. The minimum atomic E-state index is -4.87. The number of hydrogen-bond donors (Lipinski definition) is 1. The molecule has 3 rings (SSSR count). The second kappa shape index (κ2) is 8.50. The first-order chi connectivity index (χ1) is 14.0. The van der Waals surface area contributed by atoms with E-state index in [1.165, 1.54) is 19.1 Å². The van der Waals surface area contributed by atoms with E-state index in [1.54, 1.807) is 0 Å². The fourth-order valence-corrected chi connectivity index (χ4v) is 2.91. The number of anilines is 1. The van der Waals surface area contributed by atoms with Crippen LogP contribution in [0.2, 0.25) is 0 Å². The molecule has 0 radical (unpaired) electrons. The third-order valence-corrected chi connectivity index (χ3v) is 4.50. The molecule has 0 bridgehead atoms. The number of ether oxygens (including phenoxy) is 1. The van der Waals surface area contributed by atoms with Crippen LogP contribution < -0.4 is 5.32 Å². The van der Waals surface area contributed by atoms with Gasteiger partial charge in [0.1, 0.15) is 18.0 Å². The van der Waals surface area contributed by atoms with E-state index in [4.69, 9.17) is 4.42 Å². The molecule has 0 aliphatic carbocycles. The summed E-state index contributed by atoms with van der Waals surface area (Å²) in [5.74, 6) is -1.39. The molecular formula is C17H16F6N4O3. The Morgan fingerprint density at radius 2 is 1.97 bits per heavy atom. The molecule has 164 valence electrons. The van der Waals surface area contributed by atoms with Gasteiger partial charge >= 0.3 is 12.4 Å². The SMILES string of the molecule is C[C@H]1[C@H](OC(F)(F)F)CN1C(=O)[C@@H](CC(F)F)Nc1nnc(-c2ccc(F)cc2)o1. The van der Waals surface area contributed by atoms with Crippen molar-refractivity contribution < 1.29 is 40.3 Å². The molecule has 0 saturated carbocycles. The van der Waals surface area contributed by atoms with Gasteiger partial charge in [-0.25, -0.2) is 13.2 Å². The van der Waals surface area contributed by atoms with Crippen molar-refractivity contribution in [3.05, 3.63) is 30.1 Å². The zero-order valence-corrected chi connectivity index (χ0v) is 15.4. The first kappa shape index (κ1) is 21.9. The maximum absolute atomic E-state index is 13.0. The number of benzene rings is 1. The highest BCUT2D eigenvalue weighted by molar-refractivity contribution is 5.85. The summed E-state index contributed by atoms with van der Waals surface area (Å²) >= 11 is 0. The van der Waals surface area contributed by atoms with Gasteiger partial charge in [0.2, 0.25) is 18.2 Å². The average molecular weight is 438 g/mol. The van der Waals surface area contributed by atoms with Crippen LogP contribution in [0.15, 0.2) is 28.7 Å². The van der Waals surface area contributed by atoms with Gasteiger partial charge in [-0.05, 0) is 31.2 Å². The fraction of sp³-hybridized carbons (Fsp3) is 0.471. The minimum Gasteiger partial charge on any atom is -0.403 e. The van der Waals surface area contributed by atoms with Gasteiger partial charge in [-0.15, -0.1) is 18.3 Å². The van der Waals surface area contributed by atoms with Crippen LogP contribution in [0.5, 0.6) is 0 Å². The van der Waals surface area contributed by atoms with Gasteiger partial charge in [0, 0.05) is 18.5 Å². The third-order valence-electron chi connectivity index (χ3n) is 4.50. The van der Waals surface area contributed by atoms with Gasteiger partial charge in [-0.2, -0.15) is 0 Å². The molecule has 13 heteroatoms. The summed E-state index contributed by atoms with van der Waals surface area (Å²) in [5, 5.41) is 9.71. The number of aromatic nitrogens is 2. The van der Waals surface area contributed by atoms with Crippen molar-refractivity contribution in [1.82, 2.24) is 15.1 Å². The molecule has 2 heterocycles. The fourth-order valence-electron chi connectivity index (χ4n) is 2.91. The highest BCUT2D eigenvalue weighted by Crippen LogP contribution is 2.30. The quantitative estimate of drug-likeness (QED) is 0.668. The summed E-state index contributed by atoms with van der Waals surface area (Å²) in [4.78, 5) is 13.6. The summed E-state index contributed by atoms with van der Waals surface area (Å²) in [6, 6.07) is 2.21. The van der Waals surface area contributed by atoms with Crippen molar-refractivity contribution >= 4 is 11.9 Å². The number of amides is 1. The van der Waals surface area contributed by atoms with Crippen LogP contribution in [0, 0.1) is 5.82 Å². The molecule has 7 nitrogen and oxygen atoms in total. The van der Waals surface area contributed by atoms with Crippen LogP contribution in [0.1, 0.15) is 13.3 Å². The number of likely N-dealkylation sites (tertiary alicyclic amines) is 1. The Balaban J connectivity index is 1.68. The van der Waals surface area contributed by atoms with E-state index in [-0.39, 0.29) is 11.9 Å². The predicted octanol–water partition coefficient (Wildman–Crippen LogP) is 3.45. The maximum Gasteiger partial charge on any atom is 0.522 e. The lowest BCUT2D eigenvalue weighted by atomic mass is 9.98. The summed E-state index contributed by atoms with van der Waals surface area (Å²) in [6.07, 6.45) is -9.96. The van der Waals surface area contributed by atoms with Gasteiger partial charge in [0.25, 0.3) is 0 Å². The number of alkyl halides is 5. The first-order valence-electron chi connectivity index (χ1n) is 8.72. The Kier molecular flexibility index (Phi) is 6.19. The molecule has 2 aromatic rings. The molecule has 1 aliphatic heterocycles. The van der Waals surface area contributed by atoms with E-state index >= 15 is 0 Å². The van der Waals surface area contributed by atoms with Crippen molar-refractivity contribution in [2.75, 3.05) is 11.9 Å². The van der Waals surface area contributed by atoms with Crippen molar-refractivity contribution in [3.8, 4) is 11.5 Å². The van der Waals surface area contributed by atoms with E-state index in [0.717, 1.165) is 17.0 Å². The highest BCUT2D eigenvalue weighted by atomic mass is 19.4. The zero-order chi connectivity index (χ0) is 22.1. The lowest BCUT2D eigenvalue weighted by Gasteiger charge is -2.46. The lowest BCUT2D eigenvalue weighted by molar-refractivity contribution is -0.359. The Bertz CT molecular complexity index is 873. The van der Waals surface area contributed by atoms with Crippen LogP contribution in [0.3, 0.4) is 0 Å². The minimum absolute atomic E-state index is 0.0447. The highest BCUT2D eigenvalue weighted by Gasteiger charge is 2.47. The van der Waals surface area contributed by atoms with E-state index in [2.05, 4.69) is 20.3 Å². The van der Waals surface area contributed by atoms with Crippen molar-refractivity contribution in [2.45, 2.75) is 44.3 Å². The number of nitrogens with zero attached hydrogens (tertiary/aromatic N) is 3. The van der Waals surface area contributed by atoms with E-state index in [1.807, 2.05) is 0 Å². The van der Waals surface area contributed by atoms with Crippen LogP contribution >= 0.6 is 0 Å². The maximum atomic E-state index is 13.0. The lowest BCUT2D eigenvalue weighted by Crippen LogP contribution is -2.65. The summed E-state index contributed by atoms with van der Waals surface area (Å²) in [6.45, 7) is 0.919. The molecule has 1 saturated heterocycles. The summed E-state index contributed by atoms with van der Waals surface area (Å²) in [5.41, 5.74) is 0.359. The van der Waals surface area contributed by atoms with Crippen molar-refractivity contribution in [3.63, 3.8) is 0 Å². The van der Waals surface area contributed by atoms with Crippen LogP contribution in [0.25, 0.3) is 11.5 Å². The number of hydrogen-bond acceptors (Lipinski definition) is 6. The third kappa shape index (κ3) is 5.20. The van der Waals surface area contributed by atoms with Crippen molar-refractivity contribution in [1.29, 1.82) is 0 Å². The number of rotatable bonds is 7. The van der Waals surface area contributed by atoms with Crippen molar-refractivity contribution in [2.24, 2.45) is 0 Å². The topological polar surface area (TPSA) is 80.5 Å². The van der Waals surface area contributed by atoms with E-state index in [9.17, 15) is 31.1 Å². The van der Waals surface area contributed by atoms with Gasteiger partial charge in [0.15, 0.2) is 0 Å². The molecule has 3 atom stereocenters. The number of carbonyl (C=O) groups is 1.